The monoisotopic (exact) mass is 305 g/mol. The van der Waals surface area contributed by atoms with Gasteiger partial charge in [-0.25, -0.2) is 4.68 Å². The third-order valence-corrected chi connectivity index (χ3v) is 3.18. The second kappa shape index (κ2) is 5.23. The van der Waals surface area contributed by atoms with E-state index in [0.717, 1.165) is 11.3 Å². The number of hydrogen-bond acceptors (Lipinski definition) is 3. The van der Waals surface area contributed by atoms with Crippen LogP contribution in [0.4, 0.5) is 0 Å². The van der Waals surface area contributed by atoms with Crippen molar-refractivity contribution in [3.05, 3.63) is 41.1 Å². The van der Waals surface area contributed by atoms with Crippen molar-refractivity contribution in [2.45, 2.75) is 12.3 Å². The fourth-order valence-electron chi connectivity index (χ4n) is 1.67. The first-order chi connectivity index (χ1) is 8.65. The number of halogens is 1. The van der Waals surface area contributed by atoms with Crippen LogP contribution >= 0.6 is 15.9 Å². The van der Waals surface area contributed by atoms with Gasteiger partial charge in [0.05, 0.1) is 17.3 Å². The summed E-state index contributed by atoms with van der Waals surface area (Å²) in [5.41, 5.74) is 2.59. The number of benzene rings is 1. The van der Waals surface area contributed by atoms with E-state index in [0.29, 0.717) is 22.5 Å². The maximum Gasteiger partial charge on any atom is 0.221 e. The minimum absolute atomic E-state index is 0.615. The maximum absolute atomic E-state index is 8.74. The molecular formula is C13H12BrN3O. The molecule has 0 aliphatic heterocycles. The highest BCUT2D eigenvalue weighted by Gasteiger charge is 2.14. The van der Waals surface area contributed by atoms with Gasteiger partial charge < -0.3 is 4.74 Å². The summed E-state index contributed by atoms with van der Waals surface area (Å²) in [4.78, 5) is 0. The Balaban J connectivity index is 2.31. The van der Waals surface area contributed by atoms with Gasteiger partial charge in [-0.2, -0.15) is 10.4 Å². The molecule has 0 amide bonds. The number of nitriles is 1. The van der Waals surface area contributed by atoms with Gasteiger partial charge in [0.1, 0.15) is 5.75 Å². The van der Waals surface area contributed by atoms with Crippen molar-refractivity contribution in [2.24, 2.45) is 7.05 Å². The molecule has 2 aromatic rings. The van der Waals surface area contributed by atoms with Crippen LogP contribution in [-0.2, 0) is 12.4 Å². The molecule has 0 atom stereocenters. The topological polar surface area (TPSA) is 50.8 Å². The van der Waals surface area contributed by atoms with Crippen molar-refractivity contribution in [2.75, 3.05) is 0 Å². The average molecular weight is 306 g/mol. The smallest absolute Gasteiger partial charge is 0.221 e. The molecule has 0 aliphatic rings. The Labute approximate surface area is 114 Å². The number of aromatic nitrogens is 2. The van der Waals surface area contributed by atoms with Crippen LogP contribution in [0, 0.1) is 18.3 Å². The highest BCUT2D eigenvalue weighted by molar-refractivity contribution is 9.08. The summed E-state index contributed by atoms with van der Waals surface area (Å²) in [5.74, 6) is 1.41. The predicted molar refractivity (Wildman–Crippen MR) is 71.8 cm³/mol. The van der Waals surface area contributed by atoms with Crippen LogP contribution in [0.25, 0.3) is 0 Å². The van der Waals surface area contributed by atoms with Crippen molar-refractivity contribution in [1.82, 2.24) is 9.78 Å². The first-order valence-corrected chi connectivity index (χ1v) is 6.54. The summed E-state index contributed by atoms with van der Waals surface area (Å²) >= 11 is 3.43. The normalized spacial score (nSPS) is 10.1. The van der Waals surface area contributed by atoms with Crippen molar-refractivity contribution in [3.63, 3.8) is 0 Å². The Kier molecular flexibility index (Phi) is 3.68. The highest BCUT2D eigenvalue weighted by atomic mass is 79.9. The van der Waals surface area contributed by atoms with E-state index >= 15 is 0 Å². The number of nitrogens with zero attached hydrogens (tertiary/aromatic N) is 3. The fourth-order valence-corrected chi connectivity index (χ4v) is 2.32. The molecular weight excluding hydrogens is 294 g/mol. The standard InChI is InChI=1S/C13H12BrN3O/c1-9-12(7-14)13(17(2)16-9)18-11-5-3-10(8-15)4-6-11/h3-6H,7H2,1-2H3. The van der Waals surface area contributed by atoms with Crippen LogP contribution < -0.4 is 4.74 Å². The second-order valence-electron chi connectivity index (χ2n) is 3.86. The van der Waals surface area contributed by atoms with Gasteiger partial charge in [0.15, 0.2) is 0 Å². The van der Waals surface area contributed by atoms with E-state index in [1.54, 1.807) is 28.9 Å². The Bertz CT molecular complexity index is 596. The molecule has 92 valence electrons. The third-order valence-electron chi connectivity index (χ3n) is 2.62. The van der Waals surface area contributed by atoms with Gasteiger partial charge in [-0.1, -0.05) is 15.9 Å². The van der Waals surface area contributed by atoms with Crippen LogP contribution in [-0.4, -0.2) is 9.78 Å². The predicted octanol–water partition coefficient (Wildman–Crippen LogP) is 3.29. The van der Waals surface area contributed by atoms with E-state index < -0.39 is 0 Å². The molecule has 0 saturated heterocycles. The number of aryl methyl sites for hydroxylation is 2. The number of hydrogen-bond donors (Lipinski definition) is 0. The summed E-state index contributed by atoms with van der Waals surface area (Å²) < 4.78 is 7.52. The summed E-state index contributed by atoms with van der Waals surface area (Å²) in [6.45, 7) is 1.95. The van der Waals surface area contributed by atoms with E-state index in [9.17, 15) is 0 Å². The van der Waals surface area contributed by atoms with E-state index in [1.807, 2.05) is 14.0 Å². The molecule has 0 N–H and O–H groups in total. The summed E-state index contributed by atoms with van der Waals surface area (Å²) in [6, 6.07) is 9.09. The van der Waals surface area contributed by atoms with Crippen molar-refractivity contribution < 1.29 is 4.74 Å². The molecule has 0 aliphatic carbocycles. The average Bonchev–Trinajstić information content (AvgIpc) is 2.64. The molecule has 0 fully saturated rings. The third kappa shape index (κ3) is 2.39. The van der Waals surface area contributed by atoms with Crippen LogP contribution in [0.3, 0.4) is 0 Å². The van der Waals surface area contributed by atoms with Crippen molar-refractivity contribution >= 4 is 15.9 Å². The molecule has 0 bridgehead atoms. The largest absolute Gasteiger partial charge is 0.439 e. The molecule has 1 heterocycles. The summed E-state index contributed by atoms with van der Waals surface area (Å²) in [5, 5.41) is 13.8. The molecule has 0 unspecified atom stereocenters. The number of rotatable bonds is 3. The Hall–Kier alpha value is -1.80. The maximum atomic E-state index is 8.74. The molecule has 0 radical (unpaired) electrons. The molecule has 1 aromatic heterocycles. The lowest BCUT2D eigenvalue weighted by molar-refractivity contribution is 0.427. The van der Waals surface area contributed by atoms with Crippen LogP contribution in [0.5, 0.6) is 11.6 Å². The first kappa shape index (κ1) is 12.7. The summed E-state index contributed by atoms with van der Waals surface area (Å²) in [6.07, 6.45) is 0. The van der Waals surface area contributed by atoms with E-state index in [4.69, 9.17) is 10.00 Å². The summed E-state index contributed by atoms with van der Waals surface area (Å²) in [7, 11) is 1.85. The molecule has 18 heavy (non-hydrogen) atoms. The SMILES string of the molecule is Cc1nn(C)c(Oc2ccc(C#N)cc2)c1CBr. The zero-order valence-electron chi connectivity index (χ0n) is 10.1. The zero-order chi connectivity index (χ0) is 13.1. The Morgan fingerprint density at radius 1 is 1.39 bits per heavy atom. The van der Waals surface area contributed by atoms with Crippen LogP contribution in [0.1, 0.15) is 16.8 Å². The molecule has 0 saturated carbocycles. The molecule has 2 rings (SSSR count). The lowest BCUT2D eigenvalue weighted by Gasteiger charge is -2.07. The lowest BCUT2D eigenvalue weighted by atomic mass is 10.2. The molecule has 5 heteroatoms. The Morgan fingerprint density at radius 2 is 2.06 bits per heavy atom. The quantitative estimate of drug-likeness (QED) is 0.818. The fraction of sp³-hybridized carbons (Fsp3) is 0.231. The van der Waals surface area contributed by atoms with E-state index in [-0.39, 0.29) is 0 Å². The number of ether oxygens (including phenoxy) is 1. The van der Waals surface area contributed by atoms with Crippen molar-refractivity contribution in [1.29, 1.82) is 5.26 Å². The Morgan fingerprint density at radius 3 is 2.61 bits per heavy atom. The number of alkyl halides is 1. The minimum atomic E-state index is 0.615. The van der Waals surface area contributed by atoms with Gasteiger partial charge in [-0.15, -0.1) is 0 Å². The van der Waals surface area contributed by atoms with Crippen LogP contribution in [0.15, 0.2) is 24.3 Å². The second-order valence-corrected chi connectivity index (χ2v) is 4.43. The van der Waals surface area contributed by atoms with Gasteiger partial charge in [-0.05, 0) is 31.2 Å². The van der Waals surface area contributed by atoms with Gasteiger partial charge >= 0.3 is 0 Å². The van der Waals surface area contributed by atoms with Gasteiger partial charge in [0.2, 0.25) is 5.88 Å². The van der Waals surface area contributed by atoms with E-state index in [1.165, 1.54) is 0 Å². The molecule has 0 spiro atoms. The first-order valence-electron chi connectivity index (χ1n) is 5.42. The minimum Gasteiger partial charge on any atom is -0.439 e. The van der Waals surface area contributed by atoms with E-state index in [2.05, 4.69) is 27.1 Å². The highest BCUT2D eigenvalue weighted by Crippen LogP contribution is 2.28. The van der Waals surface area contributed by atoms with Crippen molar-refractivity contribution in [3.8, 4) is 17.7 Å². The molecule has 4 nitrogen and oxygen atoms in total. The van der Waals surface area contributed by atoms with Gasteiger partial charge in [0.25, 0.3) is 0 Å². The van der Waals surface area contributed by atoms with Crippen LogP contribution in [0.2, 0.25) is 0 Å². The van der Waals surface area contributed by atoms with Gasteiger partial charge in [0, 0.05) is 17.9 Å². The lowest BCUT2D eigenvalue weighted by Crippen LogP contribution is -1.96. The molecule has 1 aromatic carbocycles. The zero-order valence-corrected chi connectivity index (χ0v) is 11.7. The van der Waals surface area contributed by atoms with Gasteiger partial charge in [-0.3, -0.25) is 0 Å².